The van der Waals surface area contributed by atoms with Crippen LogP contribution in [0.15, 0.2) is 158 Å². The van der Waals surface area contributed by atoms with Crippen molar-refractivity contribution in [2.75, 3.05) is 0 Å². The van der Waals surface area contributed by atoms with Crippen molar-refractivity contribution in [1.82, 2.24) is 0 Å². The van der Waals surface area contributed by atoms with Crippen LogP contribution in [0.25, 0.3) is 0 Å². The molecule has 0 fully saturated rings. The van der Waals surface area contributed by atoms with Gasteiger partial charge in [-0.2, -0.15) is 0 Å². The molecule has 0 rings (SSSR count). The molecule has 0 heterocycles. The maximum atomic E-state index is 10.3. The fraction of sp³-hybridized carbons (Fsp3) is 0.517. The van der Waals surface area contributed by atoms with Gasteiger partial charge in [-0.15, -0.1) is 0 Å². The molecular weight excluding hydrogens is 817 g/mol. The predicted octanol–water partition coefficient (Wildman–Crippen LogP) is 18.3. The first-order chi connectivity index (χ1) is 32.2. The van der Waals surface area contributed by atoms with E-state index in [1.165, 1.54) is 102 Å². The largest absolute Gasteiger partial charge is 0.481 e. The van der Waals surface area contributed by atoms with Crippen LogP contribution in [0.1, 0.15) is 195 Å². The zero-order valence-corrected chi connectivity index (χ0v) is 42.0. The molecule has 0 aliphatic carbocycles. The minimum Gasteiger partial charge on any atom is -0.481 e. The average Bonchev–Trinajstić information content (AvgIpc) is 3.28. The highest BCUT2D eigenvalue weighted by Crippen LogP contribution is 2.12. The number of allylic oxidation sites excluding steroid dienone is 24. The Morgan fingerprint density at radius 2 is 0.697 bits per heavy atom. The SMILES string of the molecule is CC(C)CCCCCCC=CC=CC=CC=CC=CC(=O)O.CCC=CCC=CCC=CCC=CCCCCCCC(=O)O.CCCCCCCCCCCC=CC=CC=CC=CC(=O)O. The van der Waals surface area contributed by atoms with Gasteiger partial charge < -0.3 is 15.3 Å². The third-order valence-corrected chi connectivity index (χ3v) is 9.69. The normalized spacial score (nSPS) is 12.6. The lowest BCUT2D eigenvalue weighted by atomic mass is 10.0. The summed E-state index contributed by atoms with van der Waals surface area (Å²) < 4.78 is 0. The Hall–Kier alpha value is -4.97. The molecule has 0 radical (unpaired) electrons. The molecule has 0 aromatic rings. The first kappa shape index (κ1) is 65.3. The molecule has 0 aliphatic rings. The molecule has 0 aromatic heterocycles. The van der Waals surface area contributed by atoms with Crippen LogP contribution >= 0.6 is 0 Å². The molecule has 6 heteroatoms. The highest BCUT2D eigenvalue weighted by Gasteiger charge is 1.96. The fourth-order valence-electron chi connectivity index (χ4n) is 6.00. The van der Waals surface area contributed by atoms with Gasteiger partial charge in [-0.25, -0.2) is 9.59 Å². The number of rotatable bonds is 40. The van der Waals surface area contributed by atoms with Crippen LogP contribution in [-0.2, 0) is 14.4 Å². The maximum Gasteiger partial charge on any atom is 0.328 e. The molecular formula is C60H94O6. The molecule has 0 bridgehead atoms. The summed E-state index contributed by atoms with van der Waals surface area (Å²) in [5, 5.41) is 25.3. The maximum absolute atomic E-state index is 10.3. The fourth-order valence-corrected chi connectivity index (χ4v) is 6.00. The Morgan fingerprint density at radius 1 is 0.364 bits per heavy atom. The van der Waals surface area contributed by atoms with Crippen LogP contribution in [-0.4, -0.2) is 33.2 Å². The van der Waals surface area contributed by atoms with E-state index < -0.39 is 17.9 Å². The second-order valence-electron chi connectivity index (χ2n) is 16.5. The van der Waals surface area contributed by atoms with Crippen molar-refractivity contribution in [2.24, 2.45) is 5.92 Å². The van der Waals surface area contributed by atoms with Crippen LogP contribution in [0, 0.1) is 5.92 Å². The third-order valence-electron chi connectivity index (χ3n) is 9.69. The van der Waals surface area contributed by atoms with Crippen molar-refractivity contribution in [3.63, 3.8) is 0 Å². The minimum atomic E-state index is -0.932. The first-order valence-corrected chi connectivity index (χ1v) is 25.4. The minimum absolute atomic E-state index is 0.309. The van der Waals surface area contributed by atoms with E-state index in [2.05, 4.69) is 101 Å². The number of aliphatic carboxylic acids is 3. The van der Waals surface area contributed by atoms with E-state index in [0.717, 1.165) is 88.7 Å². The van der Waals surface area contributed by atoms with Gasteiger partial charge in [-0.1, -0.05) is 263 Å². The molecule has 0 unspecified atom stereocenters. The highest BCUT2D eigenvalue weighted by atomic mass is 16.4. The number of unbranched alkanes of at least 4 members (excludes halogenated alkanes) is 17. The molecule has 0 atom stereocenters. The quantitative estimate of drug-likeness (QED) is 0.0244. The van der Waals surface area contributed by atoms with Crippen LogP contribution in [0.2, 0.25) is 0 Å². The molecule has 0 aliphatic heterocycles. The molecule has 0 aromatic carbocycles. The van der Waals surface area contributed by atoms with Crippen molar-refractivity contribution in [3.05, 3.63) is 158 Å². The smallest absolute Gasteiger partial charge is 0.328 e. The summed E-state index contributed by atoms with van der Waals surface area (Å²) in [5.41, 5.74) is 0. The van der Waals surface area contributed by atoms with Crippen molar-refractivity contribution in [3.8, 4) is 0 Å². The molecule has 6 nitrogen and oxygen atoms in total. The topological polar surface area (TPSA) is 112 Å². The zero-order valence-electron chi connectivity index (χ0n) is 42.0. The molecule has 0 spiro atoms. The molecule has 66 heavy (non-hydrogen) atoms. The summed E-state index contributed by atoms with van der Waals surface area (Å²) in [7, 11) is 0. The van der Waals surface area contributed by atoms with Crippen LogP contribution in [0.4, 0.5) is 0 Å². The Kier molecular flexibility index (Phi) is 59.4. The molecule has 0 amide bonds. The van der Waals surface area contributed by atoms with Gasteiger partial charge in [-0.05, 0) is 76.5 Å². The van der Waals surface area contributed by atoms with Crippen molar-refractivity contribution in [2.45, 2.75) is 195 Å². The molecule has 0 saturated carbocycles. The van der Waals surface area contributed by atoms with E-state index in [1.54, 1.807) is 18.2 Å². The average molecular weight is 911 g/mol. The van der Waals surface area contributed by atoms with E-state index in [1.807, 2.05) is 42.5 Å². The second kappa shape index (κ2) is 60.0. The van der Waals surface area contributed by atoms with E-state index >= 15 is 0 Å². The summed E-state index contributed by atoms with van der Waals surface area (Å²) in [6, 6.07) is 0. The zero-order chi connectivity index (χ0) is 49.1. The summed E-state index contributed by atoms with van der Waals surface area (Å²) in [5.74, 6) is -1.70. The standard InChI is InChI=1S/C20H30O2.2C20H32O2/c1-19(2)17-15-13-11-9-7-5-3-4-6-8-10-12-14-16-18-20(21)22;2*1-2-3-4-5-6-7-8-9-10-11-12-13-14-15-16-17-18-19-20(21)22/h3-6,8,10,12,14,16,18-19H,7,9,11,13,15,17H2,1-2H3,(H,21,22);12-19H,2-11H2,1H3,(H,21,22);3-4,6-7,9-10,12-13H,2,5,8,11,14-19H2,1H3,(H,21,22). The van der Waals surface area contributed by atoms with Gasteiger partial charge in [0.25, 0.3) is 0 Å². The summed E-state index contributed by atoms with van der Waals surface area (Å²) in [6.45, 7) is 8.98. The monoisotopic (exact) mass is 911 g/mol. The molecule has 0 saturated heterocycles. The van der Waals surface area contributed by atoms with Gasteiger partial charge in [0.05, 0.1) is 0 Å². The van der Waals surface area contributed by atoms with Gasteiger partial charge in [0.1, 0.15) is 0 Å². The molecule has 3 N–H and O–H groups in total. The first-order valence-electron chi connectivity index (χ1n) is 25.4. The van der Waals surface area contributed by atoms with E-state index in [9.17, 15) is 14.4 Å². The third kappa shape index (κ3) is 73.4. The van der Waals surface area contributed by atoms with Crippen LogP contribution in [0.5, 0.6) is 0 Å². The summed E-state index contributed by atoms with van der Waals surface area (Å²) in [4.78, 5) is 30.7. The lowest BCUT2D eigenvalue weighted by molar-refractivity contribution is -0.137. The number of hydrogen-bond donors (Lipinski definition) is 3. The summed E-state index contributed by atoms with van der Waals surface area (Å²) >= 11 is 0. The number of carbonyl (C=O) groups is 3. The predicted molar refractivity (Wildman–Crippen MR) is 288 cm³/mol. The Balaban J connectivity index is -0.000000902. The van der Waals surface area contributed by atoms with Crippen LogP contribution in [0.3, 0.4) is 0 Å². The lowest BCUT2D eigenvalue weighted by Crippen LogP contribution is -1.93. The van der Waals surface area contributed by atoms with Gasteiger partial charge in [0.2, 0.25) is 0 Å². The highest BCUT2D eigenvalue weighted by molar-refractivity contribution is 5.80. The van der Waals surface area contributed by atoms with Crippen molar-refractivity contribution >= 4 is 17.9 Å². The number of hydrogen-bond acceptors (Lipinski definition) is 3. The van der Waals surface area contributed by atoms with Crippen LogP contribution < -0.4 is 0 Å². The van der Waals surface area contributed by atoms with Gasteiger partial charge in [0.15, 0.2) is 0 Å². The molecule has 370 valence electrons. The Morgan fingerprint density at radius 3 is 1.09 bits per heavy atom. The van der Waals surface area contributed by atoms with Crippen molar-refractivity contribution < 1.29 is 29.7 Å². The Bertz CT molecular complexity index is 1490. The van der Waals surface area contributed by atoms with E-state index in [4.69, 9.17) is 15.3 Å². The Labute approximate surface area is 404 Å². The summed E-state index contributed by atoms with van der Waals surface area (Å²) in [6.07, 6.45) is 81.0. The van der Waals surface area contributed by atoms with E-state index in [-0.39, 0.29) is 0 Å². The lowest BCUT2D eigenvalue weighted by Gasteiger charge is -2.02. The van der Waals surface area contributed by atoms with Crippen molar-refractivity contribution in [1.29, 1.82) is 0 Å². The van der Waals surface area contributed by atoms with Gasteiger partial charge in [-0.3, -0.25) is 4.79 Å². The van der Waals surface area contributed by atoms with Gasteiger partial charge in [0, 0.05) is 18.6 Å². The van der Waals surface area contributed by atoms with Gasteiger partial charge >= 0.3 is 17.9 Å². The number of carboxylic acids is 3. The number of carboxylic acid groups (broad SMARTS) is 3. The van der Waals surface area contributed by atoms with E-state index in [0.29, 0.717) is 6.42 Å². The second-order valence-corrected chi connectivity index (χ2v) is 16.5.